The van der Waals surface area contributed by atoms with Crippen LogP contribution in [0.3, 0.4) is 0 Å². The quantitative estimate of drug-likeness (QED) is 0.727. The number of rotatable bonds is 4. The second kappa shape index (κ2) is 6.49. The topological polar surface area (TPSA) is 106 Å². The molecule has 3 aromatic heterocycles. The van der Waals surface area contributed by atoms with Gasteiger partial charge in [0, 0.05) is 12.1 Å². The Morgan fingerprint density at radius 3 is 3.07 bits per heavy atom. The van der Waals surface area contributed by atoms with E-state index in [4.69, 9.17) is 9.47 Å². The number of H-pyrrole nitrogens is 1. The maximum atomic E-state index is 12.1. The summed E-state index contributed by atoms with van der Waals surface area (Å²) in [5.41, 5.74) is 2.51. The zero-order chi connectivity index (χ0) is 18.4. The summed E-state index contributed by atoms with van der Waals surface area (Å²) in [4.78, 5) is 19.6. The summed E-state index contributed by atoms with van der Waals surface area (Å²) in [6.45, 7) is 3.29. The molecule has 142 valence electrons. The molecule has 27 heavy (non-hydrogen) atoms. The van der Waals surface area contributed by atoms with Gasteiger partial charge in [0.15, 0.2) is 11.3 Å². The molecule has 4 heterocycles. The molecule has 0 radical (unpaired) electrons. The van der Waals surface area contributed by atoms with Crippen molar-refractivity contribution in [3.8, 4) is 0 Å². The van der Waals surface area contributed by atoms with E-state index in [1.165, 1.54) is 0 Å². The maximum Gasteiger partial charge on any atom is 0.407 e. The molecule has 1 aliphatic carbocycles. The standard InChI is InChI=1S/C18H22N6O3/c1-2-10-5-12(27-18(25)21-11-8-26-9-11)6-13(10)17-23-22-15-7-20-16-14(24(15)17)3-4-19-16/h3-4,7,10-13,19H,2,5-6,8-9H2,1H3,(H,21,25)/t10-,12-,13+/m1/s1. The molecule has 0 bridgehead atoms. The Hall–Kier alpha value is -2.68. The highest BCUT2D eigenvalue weighted by molar-refractivity contribution is 5.74. The van der Waals surface area contributed by atoms with Gasteiger partial charge in [0.2, 0.25) is 0 Å². The van der Waals surface area contributed by atoms with Crippen LogP contribution >= 0.6 is 0 Å². The number of nitrogens with zero attached hydrogens (tertiary/aromatic N) is 4. The number of ether oxygens (including phenoxy) is 2. The monoisotopic (exact) mass is 370 g/mol. The Balaban J connectivity index is 1.40. The van der Waals surface area contributed by atoms with Crippen LogP contribution in [0.25, 0.3) is 16.8 Å². The molecular weight excluding hydrogens is 348 g/mol. The van der Waals surface area contributed by atoms with E-state index >= 15 is 0 Å². The Kier molecular flexibility index (Phi) is 3.96. The summed E-state index contributed by atoms with van der Waals surface area (Å²) in [6, 6.07) is 2.06. The molecular formula is C18H22N6O3. The number of fused-ring (bicyclic) bond motifs is 3. The smallest absolute Gasteiger partial charge is 0.407 e. The van der Waals surface area contributed by atoms with Crippen molar-refractivity contribution < 1.29 is 14.3 Å². The maximum absolute atomic E-state index is 12.1. The lowest BCUT2D eigenvalue weighted by molar-refractivity contribution is -0.00845. The Labute approximate surface area is 155 Å². The first-order valence-corrected chi connectivity index (χ1v) is 9.45. The minimum Gasteiger partial charge on any atom is -0.446 e. The third-order valence-corrected chi connectivity index (χ3v) is 5.71. The second-order valence-electron chi connectivity index (χ2n) is 7.37. The zero-order valence-corrected chi connectivity index (χ0v) is 15.1. The number of carbonyl (C=O) groups excluding carboxylic acids is 1. The zero-order valence-electron chi connectivity index (χ0n) is 15.1. The van der Waals surface area contributed by atoms with Gasteiger partial charge >= 0.3 is 6.09 Å². The molecule has 0 aromatic carbocycles. The summed E-state index contributed by atoms with van der Waals surface area (Å²) in [5.74, 6) is 1.50. The first kappa shape index (κ1) is 16.5. The number of hydrogen-bond donors (Lipinski definition) is 2. The van der Waals surface area contributed by atoms with Crippen LogP contribution in [0.15, 0.2) is 18.5 Å². The molecule has 1 amide bonds. The Bertz CT molecular complexity index is 978. The van der Waals surface area contributed by atoms with E-state index in [1.807, 2.05) is 12.3 Å². The Morgan fingerprint density at radius 2 is 2.30 bits per heavy atom. The fraction of sp³-hybridized carbons (Fsp3) is 0.556. The van der Waals surface area contributed by atoms with E-state index in [9.17, 15) is 4.79 Å². The fourth-order valence-corrected chi connectivity index (χ4v) is 4.25. The third kappa shape index (κ3) is 2.82. The van der Waals surface area contributed by atoms with Gasteiger partial charge in [-0.25, -0.2) is 9.78 Å². The summed E-state index contributed by atoms with van der Waals surface area (Å²) in [6.07, 6.45) is 5.72. The third-order valence-electron chi connectivity index (χ3n) is 5.71. The molecule has 2 N–H and O–H groups in total. The van der Waals surface area contributed by atoms with Crippen molar-refractivity contribution in [2.24, 2.45) is 5.92 Å². The molecule has 1 saturated heterocycles. The van der Waals surface area contributed by atoms with Crippen LogP contribution in [0.1, 0.15) is 37.9 Å². The van der Waals surface area contributed by atoms with Crippen LogP contribution in [0.5, 0.6) is 0 Å². The summed E-state index contributed by atoms with van der Waals surface area (Å²) in [7, 11) is 0. The lowest BCUT2D eigenvalue weighted by Crippen LogP contribution is -2.49. The van der Waals surface area contributed by atoms with E-state index in [-0.39, 0.29) is 24.2 Å². The largest absolute Gasteiger partial charge is 0.446 e. The van der Waals surface area contributed by atoms with Gasteiger partial charge in [0.1, 0.15) is 11.9 Å². The average Bonchev–Trinajstić information content (AvgIpc) is 3.34. The molecule has 2 aliphatic rings. The lowest BCUT2D eigenvalue weighted by atomic mass is 9.93. The molecule has 3 atom stereocenters. The van der Waals surface area contributed by atoms with Gasteiger partial charge in [-0.3, -0.25) is 4.40 Å². The summed E-state index contributed by atoms with van der Waals surface area (Å²) >= 11 is 0. The van der Waals surface area contributed by atoms with Gasteiger partial charge in [-0.05, 0) is 24.8 Å². The molecule has 2 fully saturated rings. The van der Waals surface area contributed by atoms with Gasteiger partial charge < -0.3 is 19.8 Å². The minimum atomic E-state index is -0.355. The molecule has 0 spiro atoms. The Morgan fingerprint density at radius 1 is 1.41 bits per heavy atom. The molecule has 5 rings (SSSR count). The van der Waals surface area contributed by atoms with Crippen LogP contribution in [-0.4, -0.2) is 56.0 Å². The van der Waals surface area contributed by atoms with Crippen molar-refractivity contribution in [2.45, 2.75) is 44.2 Å². The number of alkyl carbamates (subject to hydrolysis) is 1. The number of aromatic amines is 1. The van der Waals surface area contributed by atoms with Crippen LogP contribution in [0, 0.1) is 5.92 Å². The van der Waals surface area contributed by atoms with Gasteiger partial charge in [-0.2, -0.15) is 0 Å². The van der Waals surface area contributed by atoms with Crippen molar-refractivity contribution in [1.29, 1.82) is 0 Å². The fourth-order valence-electron chi connectivity index (χ4n) is 4.25. The van der Waals surface area contributed by atoms with Crippen LogP contribution in [0.4, 0.5) is 4.79 Å². The van der Waals surface area contributed by atoms with Gasteiger partial charge in [-0.1, -0.05) is 13.3 Å². The summed E-state index contributed by atoms with van der Waals surface area (Å²) < 4.78 is 12.8. The van der Waals surface area contributed by atoms with Crippen molar-refractivity contribution in [3.63, 3.8) is 0 Å². The van der Waals surface area contributed by atoms with Crippen LogP contribution in [-0.2, 0) is 9.47 Å². The molecule has 3 aromatic rings. The highest BCUT2D eigenvalue weighted by atomic mass is 16.6. The molecule has 1 aliphatic heterocycles. The number of hydrogen-bond acceptors (Lipinski definition) is 6. The van der Waals surface area contributed by atoms with Crippen LogP contribution in [0.2, 0.25) is 0 Å². The first-order chi connectivity index (χ1) is 13.2. The minimum absolute atomic E-state index is 0.0755. The first-order valence-electron chi connectivity index (χ1n) is 9.45. The van der Waals surface area contributed by atoms with Gasteiger partial charge in [0.05, 0.1) is 31.0 Å². The number of nitrogens with one attached hydrogen (secondary N) is 2. The van der Waals surface area contributed by atoms with Crippen molar-refractivity contribution in [2.75, 3.05) is 13.2 Å². The van der Waals surface area contributed by atoms with Gasteiger partial charge in [0.25, 0.3) is 0 Å². The van der Waals surface area contributed by atoms with E-state index in [0.717, 1.165) is 41.9 Å². The molecule has 1 saturated carbocycles. The molecule has 0 unspecified atom stereocenters. The van der Waals surface area contributed by atoms with E-state index in [2.05, 4.69) is 36.8 Å². The number of carbonyl (C=O) groups is 1. The predicted octanol–water partition coefficient (Wildman–Crippen LogP) is 2.00. The van der Waals surface area contributed by atoms with Crippen LogP contribution < -0.4 is 5.32 Å². The number of aromatic nitrogens is 5. The normalized spacial score (nSPS) is 25.7. The van der Waals surface area contributed by atoms with E-state index in [0.29, 0.717) is 19.1 Å². The molecule has 9 heteroatoms. The van der Waals surface area contributed by atoms with Crippen molar-refractivity contribution in [3.05, 3.63) is 24.3 Å². The SMILES string of the molecule is CC[C@@H]1C[C@@H](OC(=O)NC2COC2)C[C@@H]1c1nnc2cnc3[nH]ccc3n12. The predicted molar refractivity (Wildman–Crippen MR) is 96.4 cm³/mol. The van der Waals surface area contributed by atoms with Crippen molar-refractivity contribution >= 4 is 22.9 Å². The van der Waals surface area contributed by atoms with Crippen molar-refractivity contribution in [1.82, 2.24) is 29.9 Å². The lowest BCUT2D eigenvalue weighted by Gasteiger charge is -2.27. The highest BCUT2D eigenvalue weighted by Gasteiger charge is 2.39. The average molecular weight is 370 g/mol. The second-order valence-corrected chi connectivity index (χ2v) is 7.37. The van der Waals surface area contributed by atoms with Gasteiger partial charge in [-0.15, -0.1) is 10.2 Å². The molecule has 9 nitrogen and oxygen atoms in total. The number of amides is 1. The summed E-state index contributed by atoms with van der Waals surface area (Å²) in [5, 5.41) is 11.6. The highest BCUT2D eigenvalue weighted by Crippen LogP contribution is 2.42. The van der Waals surface area contributed by atoms with E-state index < -0.39 is 0 Å². The van der Waals surface area contributed by atoms with E-state index in [1.54, 1.807) is 6.20 Å².